The number of esters is 1. The number of rotatable bonds is 4. The van der Waals surface area contributed by atoms with Crippen molar-refractivity contribution in [1.82, 2.24) is 4.57 Å². The largest absolute Gasteiger partial charge is 0.483 e. The maximum Gasteiger partial charge on any atom is 0.422 e. The standard InChI is InChI=1S/C15H11ClF3N3O3/c1-24-14(23)13-12(21)8(5-20)6-22(13)9-2-3-11(10(16)4-9)25-7-15(17,18)19/h2-4,6H,7,21H2,1H3. The number of nitrogen functional groups attached to an aromatic ring is 1. The van der Waals surface area contributed by atoms with Crippen LogP contribution >= 0.6 is 11.6 Å². The minimum absolute atomic E-state index is 0.0360. The number of nitrogens with two attached hydrogens (primary N) is 1. The molecule has 0 aliphatic heterocycles. The average Bonchev–Trinajstić information content (AvgIpc) is 2.88. The first kappa shape index (κ1) is 18.5. The predicted molar refractivity (Wildman–Crippen MR) is 82.8 cm³/mol. The van der Waals surface area contributed by atoms with Crippen LogP contribution in [0.5, 0.6) is 5.75 Å². The van der Waals surface area contributed by atoms with Gasteiger partial charge in [0.1, 0.15) is 11.8 Å². The minimum Gasteiger partial charge on any atom is -0.483 e. The fourth-order valence-corrected chi connectivity index (χ4v) is 2.26. The van der Waals surface area contributed by atoms with Gasteiger partial charge >= 0.3 is 12.1 Å². The number of carbonyl (C=O) groups excluding carboxylic acids is 1. The van der Waals surface area contributed by atoms with Gasteiger partial charge in [0.05, 0.1) is 23.4 Å². The van der Waals surface area contributed by atoms with Crippen LogP contribution in [-0.4, -0.2) is 30.4 Å². The van der Waals surface area contributed by atoms with Gasteiger partial charge in [0, 0.05) is 11.9 Å². The third kappa shape index (κ3) is 3.97. The number of carbonyl (C=O) groups is 1. The van der Waals surface area contributed by atoms with Crippen molar-refractivity contribution in [3.8, 4) is 17.5 Å². The van der Waals surface area contributed by atoms with Gasteiger partial charge in [0.15, 0.2) is 12.3 Å². The van der Waals surface area contributed by atoms with Crippen LogP contribution in [0.2, 0.25) is 5.02 Å². The number of nitriles is 1. The van der Waals surface area contributed by atoms with E-state index in [-0.39, 0.29) is 33.4 Å². The Labute approximate surface area is 145 Å². The molecule has 2 rings (SSSR count). The normalized spacial score (nSPS) is 11.0. The van der Waals surface area contributed by atoms with Gasteiger partial charge in [-0.15, -0.1) is 0 Å². The summed E-state index contributed by atoms with van der Waals surface area (Å²) < 4.78 is 47.2. The van der Waals surface area contributed by atoms with E-state index in [1.54, 1.807) is 0 Å². The van der Waals surface area contributed by atoms with Crippen molar-refractivity contribution in [1.29, 1.82) is 5.26 Å². The first-order valence-corrected chi connectivity index (χ1v) is 7.04. The van der Waals surface area contributed by atoms with E-state index in [4.69, 9.17) is 22.6 Å². The molecule has 2 N–H and O–H groups in total. The number of alkyl halides is 3. The highest BCUT2D eigenvalue weighted by Crippen LogP contribution is 2.31. The molecule has 0 aliphatic carbocycles. The molecule has 1 aromatic heterocycles. The van der Waals surface area contributed by atoms with E-state index in [1.165, 1.54) is 29.0 Å². The lowest BCUT2D eigenvalue weighted by Gasteiger charge is -2.13. The van der Waals surface area contributed by atoms with E-state index in [9.17, 15) is 18.0 Å². The fraction of sp³-hybridized carbons (Fsp3) is 0.200. The Bertz CT molecular complexity index is 856. The fourth-order valence-electron chi connectivity index (χ4n) is 2.03. The van der Waals surface area contributed by atoms with Crippen LogP contribution in [0.4, 0.5) is 18.9 Å². The lowest BCUT2D eigenvalue weighted by Crippen LogP contribution is -2.19. The number of nitrogens with zero attached hydrogens (tertiary/aromatic N) is 2. The van der Waals surface area contributed by atoms with Crippen LogP contribution in [0.25, 0.3) is 5.69 Å². The van der Waals surface area contributed by atoms with Gasteiger partial charge in [-0.3, -0.25) is 0 Å². The Morgan fingerprint density at radius 1 is 1.44 bits per heavy atom. The zero-order chi connectivity index (χ0) is 18.8. The quantitative estimate of drug-likeness (QED) is 0.830. The molecule has 2 aromatic rings. The van der Waals surface area contributed by atoms with Gasteiger partial charge in [0.25, 0.3) is 0 Å². The van der Waals surface area contributed by atoms with Gasteiger partial charge in [-0.25, -0.2) is 4.79 Å². The molecule has 0 saturated carbocycles. The van der Waals surface area contributed by atoms with E-state index >= 15 is 0 Å². The molecule has 1 heterocycles. The second-order valence-electron chi connectivity index (χ2n) is 4.80. The van der Waals surface area contributed by atoms with Gasteiger partial charge < -0.3 is 19.8 Å². The molecular weight excluding hydrogens is 363 g/mol. The summed E-state index contributed by atoms with van der Waals surface area (Å²) in [5, 5.41) is 8.95. The van der Waals surface area contributed by atoms with Crippen molar-refractivity contribution in [3.63, 3.8) is 0 Å². The third-order valence-electron chi connectivity index (χ3n) is 3.13. The van der Waals surface area contributed by atoms with Crippen LogP contribution in [0.15, 0.2) is 24.4 Å². The molecule has 0 bridgehead atoms. The molecule has 0 spiro atoms. The van der Waals surface area contributed by atoms with Gasteiger partial charge in [-0.2, -0.15) is 18.4 Å². The number of methoxy groups -OCH3 is 1. The molecule has 0 unspecified atom stereocenters. The Hall–Kier alpha value is -2.86. The van der Waals surface area contributed by atoms with E-state index in [0.717, 1.165) is 7.11 Å². The Morgan fingerprint density at radius 3 is 2.64 bits per heavy atom. The minimum atomic E-state index is -4.50. The molecule has 1 aromatic carbocycles. The second kappa shape index (κ2) is 6.94. The van der Waals surface area contributed by atoms with E-state index < -0.39 is 18.8 Å². The van der Waals surface area contributed by atoms with Crippen LogP contribution in [0.1, 0.15) is 16.1 Å². The molecule has 0 atom stereocenters. The molecule has 6 nitrogen and oxygen atoms in total. The zero-order valence-corrected chi connectivity index (χ0v) is 13.5. The van der Waals surface area contributed by atoms with Crippen LogP contribution in [0, 0.1) is 11.3 Å². The first-order valence-electron chi connectivity index (χ1n) is 6.66. The Morgan fingerprint density at radius 2 is 2.12 bits per heavy atom. The molecule has 0 radical (unpaired) electrons. The highest BCUT2D eigenvalue weighted by Gasteiger charge is 2.29. The molecule has 0 fully saturated rings. The van der Waals surface area contributed by atoms with Crippen molar-refractivity contribution in [2.24, 2.45) is 0 Å². The van der Waals surface area contributed by atoms with E-state index in [1.807, 2.05) is 6.07 Å². The number of benzene rings is 1. The summed E-state index contributed by atoms with van der Waals surface area (Å²) in [6.07, 6.45) is -3.21. The van der Waals surface area contributed by atoms with Crippen LogP contribution in [-0.2, 0) is 4.74 Å². The zero-order valence-electron chi connectivity index (χ0n) is 12.7. The third-order valence-corrected chi connectivity index (χ3v) is 3.42. The number of hydrogen-bond donors (Lipinski definition) is 1. The summed E-state index contributed by atoms with van der Waals surface area (Å²) in [4.78, 5) is 11.9. The Balaban J connectivity index is 2.45. The highest BCUT2D eigenvalue weighted by molar-refractivity contribution is 6.32. The molecule has 0 aliphatic rings. The van der Waals surface area contributed by atoms with Crippen LogP contribution < -0.4 is 10.5 Å². The lowest BCUT2D eigenvalue weighted by molar-refractivity contribution is -0.153. The van der Waals surface area contributed by atoms with Crippen molar-refractivity contribution >= 4 is 23.3 Å². The summed E-state index contributed by atoms with van der Waals surface area (Å²) in [5.41, 5.74) is 5.91. The number of anilines is 1. The molecule has 0 saturated heterocycles. The molecule has 25 heavy (non-hydrogen) atoms. The molecule has 132 valence electrons. The predicted octanol–water partition coefficient (Wildman–Crippen LogP) is 3.31. The van der Waals surface area contributed by atoms with Gasteiger partial charge in [-0.05, 0) is 18.2 Å². The summed E-state index contributed by atoms with van der Waals surface area (Å²) in [5.74, 6) is -0.962. The number of ether oxygens (including phenoxy) is 2. The van der Waals surface area contributed by atoms with Crippen molar-refractivity contribution in [2.45, 2.75) is 6.18 Å². The summed E-state index contributed by atoms with van der Waals surface area (Å²) in [7, 11) is 1.15. The van der Waals surface area contributed by atoms with E-state index in [0.29, 0.717) is 0 Å². The van der Waals surface area contributed by atoms with Crippen LogP contribution in [0.3, 0.4) is 0 Å². The molecular formula is C15H11ClF3N3O3. The average molecular weight is 374 g/mol. The topological polar surface area (TPSA) is 90.3 Å². The van der Waals surface area contributed by atoms with E-state index in [2.05, 4.69) is 9.47 Å². The highest BCUT2D eigenvalue weighted by atomic mass is 35.5. The Kier molecular flexibility index (Phi) is 5.13. The van der Waals surface area contributed by atoms with Gasteiger partial charge in [0.2, 0.25) is 0 Å². The number of hydrogen-bond acceptors (Lipinski definition) is 5. The molecule has 10 heteroatoms. The maximum atomic E-state index is 12.2. The smallest absolute Gasteiger partial charge is 0.422 e. The number of halogens is 4. The van der Waals surface area contributed by atoms with Crippen molar-refractivity contribution in [2.75, 3.05) is 19.5 Å². The summed E-state index contributed by atoms with van der Waals surface area (Å²) >= 11 is 5.94. The number of aromatic nitrogens is 1. The monoisotopic (exact) mass is 373 g/mol. The van der Waals surface area contributed by atoms with Gasteiger partial charge in [-0.1, -0.05) is 11.6 Å². The maximum absolute atomic E-state index is 12.2. The summed E-state index contributed by atoms with van der Waals surface area (Å²) in [6, 6.07) is 5.69. The second-order valence-corrected chi connectivity index (χ2v) is 5.20. The van der Waals surface area contributed by atoms with Crippen molar-refractivity contribution in [3.05, 3.63) is 40.7 Å². The van der Waals surface area contributed by atoms with Crippen molar-refractivity contribution < 1.29 is 27.4 Å². The SMILES string of the molecule is COC(=O)c1c(N)c(C#N)cn1-c1ccc(OCC(F)(F)F)c(Cl)c1. The first-order chi connectivity index (χ1) is 11.7. The summed E-state index contributed by atoms with van der Waals surface area (Å²) in [6.45, 7) is -1.49. The molecule has 0 amide bonds. The lowest BCUT2D eigenvalue weighted by atomic mass is 10.2.